The van der Waals surface area contributed by atoms with Crippen LogP contribution in [0.3, 0.4) is 0 Å². The van der Waals surface area contributed by atoms with Gasteiger partial charge in [0, 0.05) is 36.5 Å². The van der Waals surface area contributed by atoms with Gasteiger partial charge in [-0.15, -0.1) is 0 Å². The Morgan fingerprint density at radius 3 is 2.41 bits per heavy atom. The number of aliphatic carboxylic acids is 1. The molecule has 0 aliphatic carbocycles. The Hall–Kier alpha value is -3.31. The molecule has 1 heterocycles. The lowest BCUT2D eigenvalue weighted by molar-refractivity contribution is -0.137. The summed E-state index contributed by atoms with van der Waals surface area (Å²) < 4.78 is 6.30. The Balaban J connectivity index is 1.52. The van der Waals surface area contributed by atoms with E-state index in [1.807, 2.05) is 48.5 Å². The van der Waals surface area contributed by atoms with E-state index in [1.165, 1.54) is 5.56 Å². The predicted octanol–water partition coefficient (Wildman–Crippen LogP) is 6.69. The van der Waals surface area contributed by atoms with Gasteiger partial charge in [0.05, 0.1) is 6.42 Å². The van der Waals surface area contributed by atoms with Crippen molar-refractivity contribution >= 4 is 23.5 Å². The molecule has 0 saturated heterocycles. The number of carboxylic acid groups (broad SMARTS) is 1. The van der Waals surface area contributed by atoms with Crippen molar-refractivity contribution in [2.45, 2.75) is 64.5 Å². The summed E-state index contributed by atoms with van der Waals surface area (Å²) in [7, 11) is 0. The first-order valence-electron chi connectivity index (χ1n) is 12.6. The number of carbonyl (C=O) groups is 2. The van der Waals surface area contributed by atoms with Gasteiger partial charge in [-0.1, -0.05) is 74.8 Å². The van der Waals surface area contributed by atoms with Gasteiger partial charge < -0.3 is 14.7 Å². The molecule has 0 aromatic heterocycles. The van der Waals surface area contributed by atoms with Crippen LogP contribution in [0.25, 0.3) is 0 Å². The molecule has 1 N–H and O–H groups in total. The Kier molecular flexibility index (Phi) is 7.65. The summed E-state index contributed by atoms with van der Waals surface area (Å²) in [6.45, 7) is 8.99. The molecule has 37 heavy (non-hydrogen) atoms. The Labute approximate surface area is 224 Å². The van der Waals surface area contributed by atoms with E-state index in [1.54, 1.807) is 11.0 Å². The molecule has 4 rings (SSSR count). The van der Waals surface area contributed by atoms with E-state index in [9.17, 15) is 14.7 Å². The Morgan fingerprint density at radius 2 is 1.76 bits per heavy atom. The largest absolute Gasteiger partial charge is 0.487 e. The molecule has 1 unspecified atom stereocenters. The van der Waals surface area contributed by atoms with Gasteiger partial charge >= 0.3 is 5.97 Å². The molecule has 0 fully saturated rings. The smallest absolute Gasteiger partial charge is 0.305 e. The number of nitrogens with zero attached hydrogens (tertiary/aromatic N) is 1. The fourth-order valence-corrected chi connectivity index (χ4v) is 5.00. The quantitative estimate of drug-likeness (QED) is 0.360. The highest BCUT2D eigenvalue weighted by Gasteiger charge is 2.36. The summed E-state index contributed by atoms with van der Waals surface area (Å²) in [5, 5.41) is 9.98. The van der Waals surface area contributed by atoms with Crippen molar-refractivity contribution in [1.82, 2.24) is 4.90 Å². The third-order valence-corrected chi connectivity index (χ3v) is 7.20. The minimum Gasteiger partial charge on any atom is -0.487 e. The van der Waals surface area contributed by atoms with E-state index >= 15 is 0 Å². The number of fused-ring (bicyclic) bond motifs is 1. The number of ether oxygens (including phenoxy) is 1. The molecule has 3 aromatic rings. The van der Waals surface area contributed by atoms with Crippen LogP contribution in [0.15, 0.2) is 66.7 Å². The first kappa shape index (κ1) is 26.7. The van der Waals surface area contributed by atoms with Crippen molar-refractivity contribution in [3.63, 3.8) is 0 Å². The predicted molar refractivity (Wildman–Crippen MR) is 146 cm³/mol. The lowest BCUT2D eigenvalue weighted by atomic mass is 9.87. The van der Waals surface area contributed by atoms with E-state index < -0.39 is 11.6 Å². The maximum absolute atomic E-state index is 13.6. The van der Waals surface area contributed by atoms with Gasteiger partial charge in [0.1, 0.15) is 11.4 Å². The number of hydrogen-bond donors (Lipinski definition) is 1. The average molecular weight is 520 g/mol. The molecule has 194 valence electrons. The number of amides is 1. The molecule has 0 saturated carbocycles. The Bertz CT molecular complexity index is 1300. The minimum atomic E-state index is -0.932. The number of carbonyl (C=O) groups excluding carboxylic acids is 1. The summed E-state index contributed by atoms with van der Waals surface area (Å²) in [6.07, 6.45) is 1.19. The van der Waals surface area contributed by atoms with Gasteiger partial charge in [-0.05, 0) is 58.9 Å². The fraction of sp³-hybridized carbons (Fsp3) is 0.355. The summed E-state index contributed by atoms with van der Waals surface area (Å²) in [4.78, 5) is 26.5. The molecular weight excluding hydrogens is 486 g/mol. The third kappa shape index (κ3) is 6.53. The summed E-state index contributed by atoms with van der Waals surface area (Å²) in [6, 6.07) is 21.4. The number of hydrogen-bond acceptors (Lipinski definition) is 3. The first-order chi connectivity index (χ1) is 17.4. The maximum Gasteiger partial charge on any atom is 0.305 e. The third-order valence-electron chi connectivity index (χ3n) is 6.83. The Morgan fingerprint density at radius 1 is 1.05 bits per heavy atom. The topological polar surface area (TPSA) is 66.8 Å². The van der Waals surface area contributed by atoms with Crippen LogP contribution in [0.2, 0.25) is 5.02 Å². The number of rotatable bonds is 8. The van der Waals surface area contributed by atoms with E-state index in [-0.39, 0.29) is 24.3 Å². The van der Waals surface area contributed by atoms with E-state index in [0.717, 1.165) is 22.4 Å². The van der Waals surface area contributed by atoms with Crippen molar-refractivity contribution in [2.75, 3.05) is 6.54 Å². The van der Waals surface area contributed by atoms with Gasteiger partial charge in [0.2, 0.25) is 0 Å². The van der Waals surface area contributed by atoms with Crippen LogP contribution >= 0.6 is 11.6 Å². The molecular formula is C31H34ClNO4. The van der Waals surface area contributed by atoms with Crippen molar-refractivity contribution in [3.05, 3.63) is 99.6 Å². The molecule has 3 aromatic carbocycles. The highest BCUT2D eigenvalue weighted by Crippen LogP contribution is 2.38. The zero-order chi connectivity index (χ0) is 26.8. The second-order valence-corrected chi connectivity index (χ2v) is 11.5. The lowest BCUT2D eigenvalue weighted by Crippen LogP contribution is -2.33. The van der Waals surface area contributed by atoms with Gasteiger partial charge in [-0.25, -0.2) is 0 Å². The van der Waals surface area contributed by atoms with E-state index in [0.29, 0.717) is 30.0 Å². The normalized spacial score (nSPS) is 16.7. The molecule has 0 radical (unpaired) electrons. The van der Waals surface area contributed by atoms with Crippen molar-refractivity contribution < 1.29 is 19.4 Å². The van der Waals surface area contributed by atoms with Gasteiger partial charge in [-0.2, -0.15) is 0 Å². The fourth-order valence-electron chi connectivity index (χ4n) is 4.79. The van der Waals surface area contributed by atoms with Crippen LogP contribution < -0.4 is 4.74 Å². The number of carboxylic acids is 1. The highest BCUT2D eigenvalue weighted by molar-refractivity contribution is 6.31. The summed E-state index contributed by atoms with van der Waals surface area (Å²) in [5.41, 5.74) is 4.25. The molecule has 1 aliphatic rings. The van der Waals surface area contributed by atoms with Crippen LogP contribution in [0.1, 0.15) is 66.7 Å². The van der Waals surface area contributed by atoms with Crippen molar-refractivity contribution in [2.24, 2.45) is 0 Å². The van der Waals surface area contributed by atoms with Gasteiger partial charge in [-0.3, -0.25) is 9.59 Å². The van der Waals surface area contributed by atoms with Gasteiger partial charge in [0.25, 0.3) is 5.91 Å². The van der Waals surface area contributed by atoms with Gasteiger partial charge in [0.15, 0.2) is 0 Å². The lowest BCUT2D eigenvalue weighted by Gasteiger charge is -2.24. The standard InChI is InChI=1S/C31H34ClNO4/c1-30(2,3)25-12-9-21(10-13-25)20-33(16-15-28(34)35)29(36)22-11-14-27-24(17-22)19-31(4,37-27)18-23-7-5-6-8-26(23)32/h5-14,17H,15-16,18-20H2,1-4H3,(H,34,35). The molecule has 1 aliphatic heterocycles. The maximum atomic E-state index is 13.6. The summed E-state index contributed by atoms with van der Waals surface area (Å²) >= 11 is 6.38. The van der Waals surface area contributed by atoms with Crippen LogP contribution in [0.5, 0.6) is 5.75 Å². The highest BCUT2D eigenvalue weighted by atomic mass is 35.5. The van der Waals surface area contributed by atoms with Crippen LogP contribution in [0, 0.1) is 0 Å². The molecule has 0 bridgehead atoms. The molecule has 1 amide bonds. The van der Waals surface area contributed by atoms with E-state index in [4.69, 9.17) is 16.3 Å². The SMILES string of the molecule is CC1(Cc2ccccc2Cl)Cc2cc(C(=O)N(CCC(=O)O)Cc3ccc(C(C)(C)C)cc3)ccc2O1. The average Bonchev–Trinajstić information content (AvgIpc) is 3.17. The molecule has 6 heteroatoms. The zero-order valence-corrected chi connectivity index (χ0v) is 22.6. The molecule has 0 spiro atoms. The van der Waals surface area contributed by atoms with Crippen LogP contribution in [-0.2, 0) is 29.6 Å². The first-order valence-corrected chi connectivity index (χ1v) is 13.0. The van der Waals surface area contributed by atoms with Crippen LogP contribution in [-0.4, -0.2) is 34.0 Å². The number of halogens is 1. The second-order valence-electron chi connectivity index (χ2n) is 11.1. The van der Waals surface area contributed by atoms with Crippen LogP contribution in [0.4, 0.5) is 0 Å². The second kappa shape index (κ2) is 10.6. The molecule has 5 nitrogen and oxygen atoms in total. The summed E-state index contributed by atoms with van der Waals surface area (Å²) in [5.74, 6) is -0.358. The van der Waals surface area contributed by atoms with Crippen molar-refractivity contribution in [3.8, 4) is 5.75 Å². The number of benzene rings is 3. The van der Waals surface area contributed by atoms with E-state index in [2.05, 4.69) is 39.8 Å². The zero-order valence-electron chi connectivity index (χ0n) is 21.9. The molecule has 1 atom stereocenters. The monoisotopic (exact) mass is 519 g/mol. The minimum absolute atomic E-state index is 0.0319. The van der Waals surface area contributed by atoms with Crippen molar-refractivity contribution in [1.29, 1.82) is 0 Å².